The van der Waals surface area contributed by atoms with E-state index in [1.165, 1.54) is 23.5 Å². The molecule has 0 N–H and O–H groups in total. The van der Waals surface area contributed by atoms with Crippen LogP contribution in [0.1, 0.15) is 41.1 Å². The van der Waals surface area contributed by atoms with Gasteiger partial charge in [-0.25, -0.2) is 4.98 Å². The number of benzene rings is 1. The second-order valence-corrected chi connectivity index (χ2v) is 7.97. The number of thiazole rings is 1. The fraction of sp³-hybridized carbons (Fsp3) is 0.471. The summed E-state index contributed by atoms with van der Waals surface area (Å²) in [6.45, 7) is 3.43. The first-order valence-corrected chi connectivity index (χ1v) is 9.56. The van der Waals surface area contributed by atoms with Crippen molar-refractivity contribution < 1.29 is 4.74 Å². The highest BCUT2D eigenvalue weighted by atomic mass is 35.5. The van der Waals surface area contributed by atoms with E-state index in [9.17, 15) is 0 Å². The maximum Gasteiger partial charge on any atom is 0.107 e. The maximum absolute atomic E-state index is 6.13. The zero-order chi connectivity index (χ0) is 15.8. The zero-order valence-electron chi connectivity index (χ0n) is 12.7. The van der Waals surface area contributed by atoms with Gasteiger partial charge in [0.25, 0.3) is 0 Å². The molecule has 2 heterocycles. The third-order valence-electron chi connectivity index (χ3n) is 4.39. The molecule has 1 atom stereocenters. The third-order valence-corrected chi connectivity index (χ3v) is 5.98. The van der Waals surface area contributed by atoms with Crippen molar-refractivity contribution in [1.82, 2.24) is 9.88 Å². The molecule has 1 saturated heterocycles. The van der Waals surface area contributed by atoms with E-state index in [0.717, 1.165) is 37.7 Å². The molecule has 1 saturated carbocycles. The van der Waals surface area contributed by atoms with Crippen molar-refractivity contribution in [3.8, 4) is 0 Å². The van der Waals surface area contributed by atoms with Gasteiger partial charge in [-0.1, -0.05) is 29.3 Å². The Hall–Kier alpha value is -0.650. The summed E-state index contributed by atoms with van der Waals surface area (Å²) in [6.07, 6.45) is 2.65. The van der Waals surface area contributed by atoms with Gasteiger partial charge >= 0.3 is 0 Å². The number of nitrogens with zero attached hydrogens (tertiary/aromatic N) is 2. The number of aromatic nitrogens is 1. The fourth-order valence-electron chi connectivity index (χ4n) is 2.92. The lowest BCUT2D eigenvalue weighted by atomic mass is 10.1. The number of hydrogen-bond acceptors (Lipinski definition) is 4. The highest BCUT2D eigenvalue weighted by molar-refractivity contribution is 7.09. The predicted octanol–water partition coefficient (Wildman–Crippen LogP) is 4.90. The van der Waals surface area contributed by atoms with Gasteiger partial charge in [0.05, 0.1) is 35.0 Å². The Morgan fingerprint density at radius 1 is 1.26 bits per heavy atom. The molecule has 4 rings (SSSR count). The summed E-state index contributed by atoms with van der Waals surface area (Å²) in [5.41, 5.74) is 2.38. The normalized spacial score (nSPS) is 22.4. The van der Waals surface area contributed by atoms with Crippen LogP contribution in [0, 0.1) is 0 Å². The Bertz CT molecular complexity index is 702. The van der Waals surface area contributed by atoms with Gasteiger partial charge in [-0.15, -0.1) is 11.3 Å². The summed E-state index contributed by atoms with van der Waals surface area (Å²) in [5.74, 6) is 0.730. The Labute approximate surface area is 150 Å². The minimum absolute atomic E-state index is 0.0429. The number of ether oxygens (including phenoxy) is 1. The Balaban J connectivity index is 1.42. The molecule has 0 amide bonds. The second-order valence-electron chi connectivity index (χ2n) is 6.21. The van der Waals surface area contributed by atoms with Crippen molar-refractivity contribution in [3.63, 3.8) is 0 Å². The maximum atomic E-state index is 6.13. The first kappa shape index (κ1) is 15.9. The standard InChI is InChI=1S/C17H18Cl2N2OS/c18-13-4-3-12(7-14(13)19)16-8-21(5-6-22-16)9-17-20-15(10-23-17)11-1-2-11/h3-4,7,10-11,16H,1-2,5-6,8-9H2. The Kier molecular flexibility index (Phi) is 4.61. The molecule has 2 fully saturated rings. The molecule has 1 aliphatic carbocycles. The van der Waals surface area contributed by atoms with Crippen LogP contribution in [-0.2, 0) is 11.3 Å². The molecule has 2 aliphatic rings. The van der Waals surface area contributed by atoms with Crippen LogP contribution in [0.5, 0.6) is 0 Å². The summed E-state index contributed by atoms with van der Waals surface area (Å²) >= 11 is 13.9. The van der Waals surface area contributed by atoms with Crippen molar-refractivity contribution in [2.24, 2.45) is 0 Å². The molecular formula is C17H18Cl2N2OS. The lowest BCUT2D eigenvalue weighted by molar-refractivity contribution is -0.0329. The van der Waals surface area contributed by atoms with E-state index in [1.54, 1.807) is 11.3 Å². The van der Waals surface area contributed by atoms with Gasteiger partial charge in [-0.2, -0.15) is 0 Å². The molecule has 1 unspecified atom stereocenters. The smallest absolute Gasteiger partial charge is 0.107 e. The quantitative estimate of drug-likeness (QED) is 0.767. The zero-order valence-corrected chi connectivity index (χ0v) is 15.0. The molecule has 1 aromatic heterocycles. The fourth-order valence-corrected chi connectivity index (χ4v) is 4.14. The topological polar surface area (TPSA) is 25.4 Å². The number of halogens is 2. The number of rotatable bonds is 4. The first-order chi connectivity index (χ1) is 11.2. The number of hydrogen-bond donors (Lipinski definition) is 0. The summed E-state index contributed by atoms with van der Waals surface area (Å²) < 4.78 is 5.92. The summed E-state index contributed by atoms with van der Waals surface area (Å²) in [4.78, 5) is 7.20. The van der Waals surface area contributed by atoms with Crippen LogP contribution in [0.2, 0.25) is 10.0 Å². The largest absolute Gasteiger partial charge is 0.371 e. The first-order valence-electron chi connectivity index (χ1n) is 7.92. The minimum atomic E-state index is 0.0429. The van der Waals surface area contributed by atoms with E-state index < -0.39 is 0 Å². The van der Waals surface area contributed by atoms with Crippen LogP contribution >= 0.6 is 34.5 Å². The predicted molar refractivity (Wildman–Crippen MR) is 94.5 cm³/mol. The molecule has 0 bridgehead atoms. The summed E-state index contributed by atoms with van der Waals surface area (Å²) in [7, 11) is 0. The van der Waals surface area contributed by atoms with Crippen LogP contribution in [0.4, 0.5) is 0 Å². The van der Waals surface area contributed by atoms with Crippen molar-refractivity contribution >= 4 is 34.5 Å². The van der Waals surface area contributed by atoms with Gasteiger partial charge in [-0.05, 0) is 30.5 Å². The molecule has 1 aromatic carbocycles. The number of morpholine rings is 1. The van der Waals surface area contributed by atoms with E-state index >= 15 is 0 Å². The van der Waals surface area contributed by atoms with E-state index in [4.69, 9.17) is 32.9 Å². The third kappa shape index (κ3) is 3.72. The van der Waals surface area contributed by atoms with E-state index in [-0.39, 0.29) is 6.10 Å². The van der Waals surface area contributed by atoms with Gasteiger partial charge < -0.3 is 4.74 Å². The van der Waals surface area contributed by atoms with E-state index in [0.29, 0.717) is 10.0 Å². The Morgan fingerprint density at radius 2 is 2.13 bits per heavy atom. The molecule has 0 spiro atoms. The lowest BCUT2D eigenvalue weighted by Gasteiger charge is -2.32. The highest BCUT2D eigenvalue weighted by Crippen LogP contribution is 2.40. The molecular weight excluding hydrogens is 351 g/mol. The molecule has 23 heavy (non-hydrogen) atoms. The minimum Gasteiger partial charge on any atom is -0.371 e. The molecule has 1 aliphatic heterocycles. The van der Waals surface area contributed by atoms with Gasteiger partial charge in [0.2, 0.25) is 0 Å². The van der Waals surface area contributed by atoms with Gasteiger partial charge in [0.15, 0.2) is 0 Å². The van der Waals surface area contributed by atoms with Crippen molar-refractivity contribution in [1.29, 1.82) is 0 Å². The van der Waals surface area contributed by atoms with Crippen LogP contribution in [0.15, 0.2) is 23.6 Å². The SMILES string of the molecule is Clc1ccc(C2CN(Cc3nc(C4CC4)cs3)CCO2)cc1Cl. The van der Waals surface area contributed by atoms with Crippen LogP contribution < -0.4 is 0 Å². The van der Waals surface area contributed by atoms with Crippen molar-refractivity contribution in [2.45, 2.75) is 31.4 Å². The lowest BCUT2D eigenvalue weighted by Crippen LogP contribution is -2.37. The van der Waals surface area contributed by atoms with Crippen molar-refractivity contribution in [2.75, 3.05) is 19.7 Å². The van der Waals surface area contributed by atoms with Crippen LogP contribution in [0.3, 0.4) is 0 Å². The molecule has 6 heteroatoms. The second kappa shape index (κ2) is 6.69. The monoisotopic (exact) mass is 368 g/mol. The molecule has 0 radical (unpaired) electrons. The molecule has 122 valence electrons. The van der Waals surface area contributed by atoms with Crippen molar-refractivity contribution in [3.05, 3.63) is 49.9 Å². The van der Waals surface area contributed by atoms with E-state index in [1.807, 2.05) is 18.2 Å². The van der Waals surface area contributed by atoms with Crippen LogP contribution in [-0.4, -0.2) is 29.6 Å². The van der Waals surface area contributed by atoms with Crippen LogP contribution in [0.25, 0.3) is 0 Å². The average molecular weight is 369 g/mol. The van der Waals surface area contributed by atoms with E-state index in [2.05, 4.69) is 10.3 Å². The Morgan fingerprint density at radius 3 is 2.91 bits per heavy atom. The van der Waals surface area contributed by atoms with Gasteiger partial charge in [-0.3, -0.25) is 4.90 Å². The highest BCUT2D eigenvalue weighted by Gasteiger charge is 2.27. The molecule has 2 aromatic rings. The molecule has 3 nitrogen and oxygen atoms in total. The van der Waals surface area contributed by atoms with Gasteiger partial charge in [0.1, 0.15) is 5.01 Å². The summed E-state index contributed by atoms with van der Waals surface area (Å²) in [6, 6.07) is 5.74. The summed E-state index contributed by atoms with van der Waals surface area (Å²) in [5, 5.41) is 4.60. The average Bonchev–Trinajstić information content (AvgIpc) is 3.31. The van der Waals surface area contributed by atoms with Gasteiger partial charge in [0, 0.05) is 24.4 Å².